The van der Waals surface area contributed by atoms with Gasteiger partial charge in [0.25, 0.3) is 0 Å². The average molecular weight is 476 g/mol. The zero-order valence-corrected chi connectivity index (χ0v) is 21.0. The van der Waals surface area contributed by atoms with Crippen molar-refractivity contribution in [3.05, 3.63) is 53.6 Å². The van der Waals surface area contributed by atoms with Crippen molar-refractivity contribution < 1.29 is 14.3 Å². The van der Waals surface area contributed by atoms with E-state index in [0.717, 1.165) is 65.2 Å². The zero-order chi connectivity index (χ0) is 24.0. The molecular weight excluding hydrogens is 438 g/mol. The number of hydrogen-bond acceptors (Lipinski definition) is 5. The highest BCUT2D eigenvalue weighted by Gasteiger charge is 2.42. The smallest absolute Gasteiger partial charge is 0.407 e. The van der Waals surface area contributed by atoms with Gasteiger partial charge in [-0.2, -0.15) is 0 Å². The van der Waals surface area contributed by atoms with Crippen LogP contribution in [0.2, 0.25) is 0 Å². The van der Waals surface area contributed by atoms with Gasteiger partial charge in [-0.3, -0.25) is 4.90 Å². The summed E-state index contributed by atoms with van der Waals surface area (Å²) in [6, 6.07) is 15.5. The van der Waals surface area contributed by atoms with Gasteiger partial charge in [-0.15, -0.1) is 0 Å². The Balaban J connectivity index is 1.15. The van der Waals surface area contributed by atoms with E-state index in [1.807, 2.05) is 0 Å². The second-order valence-corrected chi connectivity index (χ2v) is 11.4. The van der Waals surface area contributed by atoms with E-state index < -0.39 is 0 Å². The molecule has 2 aromatic carbocycles. The van der Waals surface area contributed by atoms with Crippen molar-refractivity contribution in [3.63, 3.8) is 0 Å². The minimum absolute atomic E-state index is 0.0318. The van der Waals surface area contributed by atoms with E-state index in [9.17, 15) is 4.79 Å². The van der Waals surface area contributed by atoms with Crippen LogP contribution in [0, 0.1) is 11.3 Å². The third-order valence-electron chi connectivity index (χ3n) is 8.58. The lowest BCUT2D eigenvalue weighted by atomic mass is 9.85. The predicted octanol–water partition coefficient (Wildman–Crippen LogP) is 4.63. The number of rotatable bonds is 4. The van der Waals surface area contributed by atoms with Gasteiger partial charge in [0.2, 0.25) is 0 Å². The Kier molecular flexibility index (Phi) is 5.97. The Bertz CT molecular complexity index is 1070. The molecule has 35 heavy (non-hydrogen) atoms. The molecule has 7 rings (SSSR count). The molecular formula is C29H37N3O3. The molecule has 2 bridgehead atoms. The number of alkyl carbamates (subject to hydrolysis) is 1. The Morgan fingerprint density at radius 3 is 2.40 bits per heavy atom. The summed E-state index contributed by atoms with van der Waals surface area (Å²) in [5.41, 5.74) is 6.18. The summed E-state index contributed by atoms with van der Waals surface area (Å²) >= 11 is 0. The zero-order valence-electron chi connectivity index (χ0n) is 21.0. The SMILES string of the molecule is CC1(C)Cc2cc(-c3ccc(N4CCOCC4)cc3)ccc2C1NC(=O)O[C@@H]1CN2CCC1CC2. The van der Waals surface area contributed by atoms with Gasteiger partial charge in [0.05, 0.1) is 19.3 Å². The van der Waals surface area contributed by atoms with Gasteiger partial charge < -0.3 is 19.7 Å². The first-order chi connectivity index (χ1) is 17.0. The summed E-state index contributed by atoms with van der Waals surface area (Å²) in [6.45, 7) is 11.1. The van der Waals surface area contributed by atoms with Crippen LogP contribution >= 0.6 is 0 Å². The maximum atomic E-state index is 12.9. The average Bonchev–Trinajstić information content (AvgIpc) is 3.13. The molecule has 0 saturated carbocycles. The molecule has 2 aromatic rings. The first kappa shape index (κ1) is 22.9. The van der Waals surface area contributed by atoms with Crippen LogP contribution < -0.4 is 10.2 Å². The number of fused-ring (bicyclic) bond motifs is 4. The summed E-state index contributed by atoms with van der Waals surface area (Å²) in [5.74, 6) is 0.520. The Morgan fingerprint density at radius 2 is 1.71 bits per heavy atom. The molecule has 4 fully saturated rings. The molecule has 6 heteroatoms. The monoisotopic (exact) mass is 475 g/mol. The van der Waals surface area contributed by atoms with Crippen molar-refractivity contribution in [3.8, 4) is 11.1 Å². The van der Waals surface area contributed by atoms with Crippen LogP contribution in [0.3, 0.4) is 0 Å². The molecule has 186 valence electrons. The van der Waals surface area contributed by atoms with Crippen LogP contribution in [0.25, 0.3) is 11.1 Å². The fourth-order valence-corrected chi connectivity index (χ4v) is 6.53. The first-order valence-corrected chi connectivity index (χ1v) is 13.2. The van der Waals surface area contributed by atoms with Crippen LogP contribution in [0.5, 0.6) is 0 Å². The molecule has 4 saturated heterocycles. The molecule has 6 nitrogen and oxygen atoms in total. The Labute approximate surface area is 208 Å². The summed E-state index contributed by atoms with van der Waals surface area (Å²) in [6.07, 6.45) is 2.99. The van der Waals surface area contributed by atoms with Crippen LogP contribution in [0.1, 0.15) is 43.9 Å². The van der Waals surface area contributed by atoms with Gasteiger partial charge in [-0.1, -0.05) is 44.2 Å². The third kappa shape index (κ3) is 4.54. The number of nitrogens with one attached hydrogen (secondary N) is 1. The number of piperidine rings is 3. The highest BCUT2D eigenvalue weighted by atomic mass is 16.6. The molecule has 1 N–H and O–H groups in total. The highest BCUT2D eigenvalue weighted by molar-refractivity contribution is 5.71. The highest BCUT2D eigenvalue weighted by Crippen LogP contribution is 2.46. The molecule has 1 amide bonds. The van der Waals surface area contributed by atoms with Gasteiger partial charge in [-0.25, -0.2) is 4.79 Å². The lowest BCUT2D eigenvalue weighted by Gasteiger charge is -2.44. The molecule has 1 unspecified atom stereocenters. The number of hydrogen-bond donors (Lipinski definition) is 1. The molecule has 0 aromatic heterocycles. The van der Waals surface area contributed by atoms with Crippen LogP contribution in [0.4, 0.5) is 10.5 Å². The molecule has 4 aliphatic heterocycles. The van der Waals surface area contributed by atoms with Gasteiger partial charge in [-0.05, 0) is 78.1 Å². The van der Waals surface area contributed by atoms with Gasteiger partial charge >= 0.3 is 6.09 Å². The first-order valence-electron chi connectivity index (χ1n) is 13.2. The van der Waals surface area contributed by atoms with E-state index >= 15 is 0 Å². The third-order valence-corrected chi connectivity index (χ3v) is 8.58. The number of carbonyl (C=O) groups is 1. The minimum Gasteiger partial charge on any atom is -0.445 e. The molecule has 2 atom stereocenters. The van der Waals surface area contributed by atoms with E-state index in [0.29, 0.717) is 5.92 Å². The fraction of sp³-hybridized carbons (Fsp3) is 0.552. The fourth-order valence-electron chi connectivity index (χ4n) is 6.53. The summed E-state index contributed by atoms with van der Waals surface area (Å²) in [5, 5.41) is 3.24. The van der Waals surface area contributed by atoms with Gasteiger partial charge in [0, 0.05) is 25.3 Å². The maximum Gasteiger partial charge on any atom is 0.407 e. The number of ether oxygens (including phenoxy) is 2. The Hall–Kier alpha value is -2.57. The standard InChI is InChI=1S/C29H37N3O3/c1-29(2)18-23-17-22(20-3-6-24(7-4-20)32-13-15-34-16-14-32)5-8-25(23)27(29)30-28(33)35-26-19-31-11-9-21(26)10-12-31/h3-8,17,21,26-27H,9-16,18-19H2,1-2H3,(H,30,33)/t26-,27?/m1/s1. The van der Waals surface area contributed by atoms with E-state index in [2.05, 4.69) is 71.4 Å². The van der Waals surface area contributed by atoms with E-state index in [4.69, 9.17) is 9.47 Å². The van der Waals surface area contributed by atoms with Crippen molar-refractivity contribution in [2.45, 2.75) is 45.3 Å². The van der Waals surface area contributed by atoms with Crippen molar-refractivity contribution in [1.82, 2.24) is 10.2 Å². The van der Waals surface area contributed by atoms with Gasteiger partial charge in [0.1, 0.15) is 6.10 Å². The second kappa shape index (κ2) is 9.14. The van der Waals surface area contributed by atoms with Crippen LogP contribution in [-0.2, 0) is 15.9 Å². The summed E-state index contributed by atoms with van der Waals surface area (Å²) in [7, 11) is 0. The lowest BCUT2D eigenvalue weighted by molar-refractivity contribution is -0.0348. The largest absolute Gasteiger partial charge is 0.445 e. The number of amides is 1. The van der Waals surface area contributed by atoms with E-state index in [1.54, 1.807) is 0 Å². The topological polar surface area (TPSA) is 54.0 Å². The van der Waals surface area contributed by atoms with Crippen LogP contribution in [0.15, 0.2) is 42.5 Å². The van der Waals surface area contributed by atoms with Crippen molar-refractivity contribution in [2.75, 3.05) is 50.8 Å². The molecule has 1 aliphatic carbocycles. The number of morpholine rings is 1. The number of nitrogens with zero attached hydrogens (tertiary/aromatic N) is 2. The van der Waals surface area contributed by atoms with Gasteiger partial charge in [0.15, 0.2) is 0 Å². The number of benzene rings is 2. The molecule has 0 radical (unpaired) electrons. The van der Waals surface area contributed by atoms with E-state index in [1.165, 1.54) is 27.9 Å². The molecule has 0 spiro atoms. The predicted molar refractivity (Wildman–Crippen MR) is 138 cm³/mol. The van der Waals surface area contributed by atoms with Crippen molar-refractivity contribution >= 4 is 11.8 Å². The summed E-state index contributed by atoms with van der Waals surface area (Å²) in [4.78, 5) is 17.7. The normalized spacial score (nSPS) is 29.0. The Morgan fingerprint density at radius 1 is 1.00 bits per heavy atom. The number of anilines is 1. The van der Waals surface area contributed by atoms with E-state index in [-0.39, 0.29) is 23.7 Å². The van der Waals surface area contributed by atoms with Crippen LogP contribution in [-0.4, -0.2) is 63.0 Å². The minimum atomic E-state index is -0.266. The summed E-state index contributed by atoms with van der Waals surface area (Å²) < 4.78 is 11.4. The maximum absolute atomic E-state index is 12.9. The molecule has 4 heterocycles. The quantitative estimate of drug-likeness (QED) is 0.699. The van der Waals surface area contributed by atoms with Crippen molar-refractivity contribution in [1.29, 1.82) is 0 Å². The second-order valence-electron chi connectivity index (χ2n) is 11.4. The van der Waals surface area contributed by atoms with Crippen molar-refractivity contribution in [2.24, 2.45) is 11.3 Å². The number of carbonyl (C=O) groups excluding carboxylic acids is 1. The lowest BCUT2D eigenvalue weighted by Crippen LogP contribution is -2.53. The molecule has 5 aliphatic rings.